The van der Waals surface area contributed by atoms with Crippen molar-refractivity contribution in [2.24, 2.45) is 0 Å². The van der Waals surface area contributed by atoms with Gasteiger partial charge in [0.15, 0.2) is 17.6 Å². The molecular formula is C22H23N5O2. The van der Waals surface area contributed by atoms with Crippen LogP contribution >= 0.6 is 0 Å². The van der Waals surface area contributed by atoms with Gasteiger partial charge in [-0.3, -0.25) is 0 Å². The molecule has 29 heavy (non-hydrogen) atoms. The fraction of sp³-hybridized carbons (Fsp3) is 0.227. The van der Waals surface area contributed by atoms with Crippen molar-refractivity contribution < 1.29 is 9.47 Å². The minimum atomic E-state index is 0.456. The standard InChI is InChI=1S/C22H23N5O2/c1-3-17-13-24-27-21(11-20(25-22(17)27)18-8-6-5-7-9-18)23-12-16-10-19(29-4-2)15-26(28)14-16/h5-11,13-15,23H,3-4,12H2,1-2H3. The first kappa shape index (κ1) is 18.7. The molecule has 1 N–H and O–H groups in total. The molecule has 0 saturated heterocycles. The fourth-order valence-electron chi connectivity index (χ4n) is 3.26. The molecule has 1 aromatic carbocycles. The number of pyridine rings is 1. The van der Waals surface area contributed by atoms with Crippen molar-refractivity contribution >= 4 is 11.5 Å². The highest BCUT2D eigenvalue weighted by Crippen LogP contribution is 2.24. The van der Waals surface area contributed by atoms with Gasteiger partial charge in [0.25, 0.3) is 0 Å². The lowest BCUT2D eigenvalue weighted by atomic mass is 10.1. The molecule has 0 bridgehead atoms. The highest BCUT2D eigenvalue weighted by Gasteiger charge is 2.13. The minimum Gasteiger partial charge on any atom is -0.619 e. The summed E-state index contributed by atoms with van der Waals surface area (Å²) in [7, 11) is 0. The molecule has 0 spiro atoms. The highest BCUT2D eigenvalue weighted by molar-refractivity contribution is 5.67. The molecular weight excluding hydrogens is 366 g/mol. The number of anilines is 1. The maximum atomic E-state index is 11.9. The van der Waals surface area contributed by atoms with E-state index in [1.165, 1.54) is 12.4 Å². The SMILES string of the molecule is CCOc1cc(CNc2cc(-c3ccccc3)nc3c(CC)cnn23)c[n+]([O-])c1. The van der Waals surface area contributed by atoms with E-state index in [-0.39, 0.29) is 0 Å². The maximum absolute atomic E-state index is 11.9. The van der Waals surface area contributed by atoms with Crippen LogP contribution in [0.5, 0.6) is 5.75 Å². The van der Waals surface area contributed by atoms with Gasteiger partial charge in [0, 0.05) is 29.3 Å². The number of nitrogens with zero attached hydrogens (tertiary/aromatic N) is 4. The summed E-state index contributed by atoms with van der Waals surface area (Å²) >= 11 is 0. The molecule has 0 fully saturated rings. The Morgan fingerprint density at radius 2 is 1.97 bits per heavy atom. The number of ether oxygens (including phenoxy) is 1. The normalized spacial score (nSPS) is 11.0. The summed E-state index contributed by atoms with van der Waals surface area (Å²) in [6.07, 6.45) is 5.66. The van der Waals surface area contributed by atoms with E-state index in [2.05, 4.69) is 17.3 Å². The predicted octanol–water partition coefficient (Wildman–Crippen LogP) is 3.60. The van der Waals surface area contributed by atoms with E-state index in [0.29, 0.717) is 18.9 Å². The summed E-state index contributed by atoms with van der Waals surface area (Å²) in [5, 5.41) is 19.8. The number of fused-ring (bicyclic) bond motifs is 1. The zero-order valence-corrected chi connectivity index (χ0v) is 16.5. The van der Waals surface area contributed by atoms with Crippen molar-refractivity contribution in [3.8, 4) is 17.0 Å². The first-order chi connectivity index (χ1) is 14.2. The van der Waals surface area contributed by atoms with Crippen LogP contribution in [0.15, 0.2) is 61.1 Å². The van der Waals surface area contributed by atoms with Gasteiger partial charge in [-0.2, -0.15) is 14.3 Å². The minimum absolute atomic E-state index is 0.456. The van der Waals surface area contributed by atoms with Gasteiger partial charge in [0.2, 0.25) is 6.20 Å². The van der Waals surface area contributed by atoms with Gasteiger partial charge in [-0.1, -0.05) is 37.3 Å². The van der Waals surface area contributed by atoms with Crippen LogP contribution in [-0.2, 0) is 13.0 Å². The van der Waals surface area contributed by atoms with Crippen molar-refractivity contribution in [2.75, 3.05) is 11.9 Å². The van der Waals surface area contributed by atoms with Crippen molar-refractivity contribution in [3.63, 3.8) is 0 Å². The lowest BCUT2D eigenvalue weighted by molar-refractivity contribution is -0.606. The zero-order valence-electron chi connectivity index (χ0n) is 16.5. The second-order valence-corrected chi connectivity index (χ2v) is 6.68. The molecule has 7 heteroatoms. The molecule has 0 amide bonds. The third-order valence-electron chi connectivity index (χ3n) is 4.66. The van der Waals surface area contributed by atoms with E-state index in [1.54, 1.807) is 0 Å². The number of benzene rings is 1. The molecule has 3 aromatic heterocycles. The number of nitrogens with one attached hydrogen (secondary N) is 1. The topological polar surface area (TPSA) is 78.4 Å². The van der Waals surface area contributed by atoms with E-state index in [9.17, 15) is 5.21 Å². The summed E-state index contributed by atoms with van der Waals surface area (Å²) in [6.45, 7) is 4.95. The number of hydrogen-bond acceptors (Lipinski definition) is 5. The second kappa shape index (κ2) is 8.18. The lowest BCUT2D eigenvalue weighted by Gasteiger charge is -2.12. The van der Waals surface area contributed by atoms with Crippen LogP contribution in [0, 0.1) is 5.21 Å². The van der Waals surface area contributed by atoms with Crippen LogP contribution in [-0.4, -0.2) is 21.2 Å². The Bertz CT molecular complexity index is 1120. The third kappa shape index (κ3) is 3.99. The summed E-state index contributed by atoms with van der Waals surface area (Å²) < 4.78 is 8.04. The third-order valence-corrected chi connectivity index (χ3v) is 4.66. The van der Waals surface area contributed by atoms with Crippen LogP contribution in [0.25, 0.3) is 16.9 Å². The van der Waals surface area contributed by atoms with Gasteiger partial charge in [-0.25, -0.2) is 4.98 Å². The van der Waals surface area contributed by atoms with E-state index in [0.717, 1.165) is 45.0 Å². The summed E-state index contributed by atoms with van der Waals surface area (Å²) in [4.78, 5) is 4.83. The van der Waals surface area contributed by atoms with Crippen molar-refractivity contribution in [1.82, 2.24) is 14.6 Å². The largest absolute Gasteiger partial charge is 0.619 e. The quantitative estimate of drug-likeness (QED) is 0.386. The second-order valence-electron chi connectivity index (χ2n) is 6.68. The Balaban J connectivity index is 1.70. The average Bonchev–Trinajstić information content (AvgIpc) is 3.16. The highest BCUT2D eigenvalue weighted by atomic mass is 16.5. The van der Waals surface area contributed by atoms with Crippen LogP contribution in [0.2, 0.25) is 0 Å². The molecule has 0 aliphatic heterocycles. The summed E-state index contributed by atoms with van der Waals surface area (Å²) in [5.74, 6) is 1.37. The van der Waals surface area contributed by atoms with Crippen LogP contribution < -0.4 is 14.8 Å². The molecule has 0 aliphatic rings. The maximum Gasteiger partial charge on any atom is 0.222 e. The smallest absolute Gasteiger partial charge is 0.222 e. The van der Waals surface area contributed by atoms with Gasteiger partial charge in [-0.15, -0.1) is 0 Å². The number of hydrogen-bond donors (Lipinski definition) is 1. The van der Waals surface area contributed by atoms with E-state index in [4.69, 9.17) is 9.72 Å². The molecule has 7 nitrogen and oxygen atoms in total. The fourth-order valence-corrected chi connectivity index (χ4v) is 3.26. The molecule has 0 radical (unpaired) electrons. The van der Waals surface area contributed by atoms with Crippen molar-refractivity contribution in [2.45, 2.75) is 26.8 Å². The van der Waals surface area contributed by atoms with Crippen molar-refractivity contribution in [1.29, 1.82) is 0 Å². The Kier molecular flexibility index (Phi) is 5.29. The van der Waals surface area contributed by atoms with Gasteiger partial charge >= 0.3 is 0 Å². The number of aromatic nitrogens is 4. The molecule has 4 rings (SSSR count). The Labute approximate surface area is 169 Å². The van der Waals surface area contributed by atoms with Gasteiger partial charge in [0.05, 0.1) is 18.5 Å². The molecule has 0 atom stereocenters. The van der Waals surface area contributed by atoms with Crippen molar-refractivity contribution in [3.05, 3.63) is 77.4 Å². The Hall–Kier alpha value is -3.61. The van der Waals surface area contributed by atoms with E-state index >= 15 is 0 Å². The average molecular weight is 389 g/mol. The monoisotopic (exact) mass is 389 g/mol. The van der Waals surface area contributed by atoms with Gasteiger partial charge in [-0.05, 0) is 19.4 Å². The molecule has 0 saturated carbocycles. The molecule has 148 valence electrons. The van der Waals surface area contributed by atoms with Crippen LogP contribution in [0.3, 0.4) is 0 Å². The molecule has 0 aliphatic carbocycles. The number of aryl methyl sites for hydroxylation is 1. The van der Waals surface area contributed by atoms with Crippen LogP contribution in [0.4, 0.5) is 5.82 Å². The molecule has 0 unspecified atom stereocenters. The van der Waals surface area contributed by atoms with Gasteiger partial charge in [0.1, 0.15) is 5.82 Å². The first-order valence-electron chi connectivity index (χ1n) is 9.70. The Morgan fingerprint density at radius 1 is 1.14 bits per heavy atom. The van der Waals surface area contributed by atoms with Gasteiger partial charge < -0.3 is 15.3 Å². The van der Waals surface area contributed by atoms with E-state index < -0.39 is 0 Å². The summed E-state index contributed by atoms with van der Waals surface area (Å²) in [5.41, 5.74) is 4.65. The summed E-state index contributed by atoms with van der Waals surface area (Å²) in [6, 6.07) is 13.9. The van der Waals surface area contributed by atoms with E-state index in [1.807, 2.05) is 60.1 Å². The first-order valence-corrected chi connectivity index (χ1v) is 9.70. The Morgan fingerprint density at radius 3 is 2.72 bits per heavy atom. The predicted molar refractivity (Wildman–Crippen MR) is 112 cm³/mol. The molecule has 4 aromatic rings. The van der Waals surface area contributed by atoms with Crippen LogP contribution in [0.1, 0.15) is 25.0 Å². The molecule has 3 heterocycles. The zero-order chi connectivity index (χ0) is 20.2. The number of rotatable bonds is 7. The lowest BCUT2D eigenvalue weighted by Crippen LogP contribution is -2.26.